The third kappa shape index (κ3) is 3.52. The van der Waals surface area contributed by atoms with Gasteiger partial charge in [-0.15, -0.1) is 10.2 Å². The molecule has 6 nitrogen and oxygen atoms in total. The molecule has 2 aromatic carbocycles. The van der Waals surface area contributed by atoms with Gasteiger partial charge in [-0.3, -0.25) is 0 Å². The third-order valence-electron chi connectivity index (χ3n) is 3.81. The third-order valence-corrected chi connectivity index (χ3v) is 5.41. The second kappa shape index (κ2) is 7.59. The van der Waals surface area contributed by atoms with E-state index in [1.807, 2.05) is 36.4 Å². The van der Waals surface area contributed by atoms with E-state index in [9.17, 15) is 0 Å². The highest BCUT2D eigenvalue weighted by molar-refractivity contribution is 9.10. The first-order valence-corrected chi connectivity index (χ1v) is 9.70. The summed E-state index contributed by atoms with van der Waals surface area (Å²) in [6.45, 7) is 1.13. The SMILES string of the molecule is COc1ccccc1-c1nnc(SCc2cc3c(cc2Br)OCCO3)o1. The molecular weight excluding hydrogens is 420 g/mol. The summed E-state index contributed by atoms with van der Waals surface area (Å²) in [6, 6.07) is 11.5. The van der Waals surface area contributed by atoms with E-state index in [2.05, 4.69) is 26.1 Å². The van der Waals surface area contributed by atoms with Gasteiger partial charge in [-0.25, -0.2) is 0 Å². The van der Waals surface area contributed by atoms with Gasteiger partial charge >= 0.3 is 0 Å². The van der Waals surface area contributed by atoms with Gasteiger partial charge in [0.2, 0.25) is 0 Å². The quantitative estimate of drug-likeness (QED) is 0.544. The van der Waals surface area contributed by atoms with Crippen LogP contribution in [0.2, 0.25) is 0 Å². The maximum atomic E-state index is 5.78. The number of benzene rings is 2. The average molecular weight is 435 g/mol. The minimum Gasteiger partial charge on any atom is -0.496 e. The van der Waals surface area contributed by atoms with E-state index < -0.39 is 0 Å². The van der Waals surface area contributed by atoms with Crippen molar-refractivity contribution in [3.63, 3.8) is 0 Å². The fourth-order valence-electron chi connectivity index (χ4n) is 2.55. The monoisotopic (exact) mass is 434 g/mol. The number of thioether (sulfide) groups is 1. The molecule has 0 amide bonds. The highest BCUT2D eigenvalue weighted by Gasteiger charge is 2.17. The van der Waals surface area contributed by atoms with Gasteiger partial charge in [0.1, 0.15) is 19.0 Å². The Bertz CT molecular complexity index is 931. The minimum atomic E-state index is 0.436. The molecular formula is C18H15BrN2O4S. The largest absolute Gasteiger partial charge is 0.496 e. The van der Waals surface area contributed by atoms with Crippen molar-refractivity contribution in [1.82, 2.24) is 10.2 Å². The van der Waals surface area contributed by atoms with Crippen LogP contribution in [0.1, 0.15) is 5.56 Å². The highest BCUT2D eigenvalue weighted by atomic mass is 79.9. The van der Waals surface area contributed by atoms with Crippen LogP contribution in [0.3, 0.4) is 0 Å². The van der Waals surface area contributed by atoms with Gasteiger partial charge in [-0.1, -0.05) is 39.8 Å². The molecule has 3 aromatic rings. The van der Waals surface area contributed by atoms with E-state index >= 15 is 0 Å². The maximum Gasteiger partial charge on any atom is 0.277 e. The predicted octanol–water partition coefficient (Wildman–Crippen LogP) is 4.57. The minimum absolute atomic E-state index is 0.436. The normalized spacial score (nSPS) is 12.8. The van der Waals surface area contributed by atoms with Crippen molar-refractivity contribution in [2.75, 3.05) is 20.3 Å². The first-order valence-electron chi connectivity index (χ1n) is 7.92. The lowest BCUT2D eigenvalue weighted by Gasteiger charge is -2.19. The smallest absolute Gasteiger partial charge is 0.277 e. The number of para-hydroxylation sites is 1. The van der Waals surface area contributed by atoms with Crippen molar-refractivity contribution in [2.24, 2.45) is 0 Å². The summed E-state index contributed by atoms with van der Waals surface area (Å²) < 4.78 is 23.3. The van der Waals surface area contributed by atoms with Gasteiger partial charge in [0.25, 0.3) is 11.1 Å². The van der Waals surface area contributed by atoms with Gasteiger partial charge in [-0.05, 0) is 29.8 Å². The van der Waals surface area contributed by atoms with Crippen molar-refractivity contribution < 1.29 is 18.6 Å². The molecule has 0 spiro atoms. The topological polar surface area (TPSA) is 66.6 Å². The summed E-state index contributed by atoms with van der Waals surface area (Å²) in [6.07, 6.45) is 0. The number of methoxy groups -OCH3 is 1. The van der Waals surface area contributed by atoms with E-state index in [4.69, 9.17) is 18.6 Å². The van der Waals surface area contributed by atoms with Crippen LogP contribution in [0, 0.1) is 0 Å². The summed E-state index contributed by atoms with van der Waals surface area (Å²) in [5.74, 6) is 3.31. The number of nitrogens with zero attached hydrogens (tertiary/aromatic N) is 2. The molecule has 0 radical (unpaired) electrons. The highest BCUT2D eigenvalue weighted by Crippen LogP contribution is 2.38. The molecule has 8 heteroatoms. The second-order valence-corrected chi connectivity index (χ2v) is 7.23. The lowest BCUT2D eigenvalue weighted by Crippen LogP contribution is -2.15. The Morgan fingerprint density at radius 2 is 1.88 bits per heavy atom. The molecule has 4 rings (SSSR count). The molecule has 0 saturated carbocycles. The van der Waals surface area contributed by atoms with Gasteiger partial charge in [0.05, 0.1) is 12.7 Å². The van der Waals surface area contributed by atoms with Crippen molar-refractivity contribution in [3.05, 3.63) is 46.4 Å². The van der Waals surface area contributed by atoms with Gasteiger partial charge in [0, 0.05) is 10.2 Å². The van der Waals surface area contributed by atoms with Crippen LogP contribution in [-0.4, -0.2) is 30.5 Å². The van der Waals surface area contributed by atoms with Crippen molar-refractivity contribution >= 4 is 27.7 Å². The molecule has 26 heavy (non-hydrogen) atoms. The van der Waals surface area contributed by atoms with E-state index in [0.717, 1.165) is 27.1 Å². The van der Waals surface area contributed by atoms with Gasteiger partial charge < -0.3 is 18.6 Å². The van der Waals surface area contributed by atoms with Gasteiger partial charge in [0.15, 0.2) is 11.5 Å². The first-order chi connectivity index (χ1) is 12.7. The van der Waals surface area contributed by atoms with Crippen molar-refractivity contribution in [2.45, 2.75) is 11.0 Å². The lowest BCUT2D eigenvalue weighted by atomic mass is 10.2. The van der Waals surface area contributed by atoms with E-state index in [-0.39, 0.29) is 0 Å². The Labute approximate surface area is 163 Å². The molecule has 0 saturated heterocycles. The van der Waals surface area contributed by atoms with E-state index in [1.54, 1.807) is 7.11 Å². The predicted molar refractivity (Wildman–Crippen MR) is 101 cm³/mol. The summed E-state index contributed by atoms with van der Waals surface area (Å²) in [5, 5.41) is 8.74. The average Bonchev–Trinajstić information content (AvgIpc) is 3.15. The molecule has 0 fully saturated rings. The zero-order chi connectivity index (χ0) is 17.9. The molecule has 1 aliphatic rings. The lowest BCUT2D eigenvalue weighted by molar-refractivity contribution is 0.171. The molecule has 1 aromatic heterocycles. The summed E-state index contributed by atoms with van der Waals surface area (Å²) in [7, 11) is 1.62. The molecule has 0 unspecified atom stereocenters. The molecule has 0 aliphatic carbocycles. The van der Waals surface area contributed by atoms with Crippen molar-refractivity contribution in [1.29, 1.82) is 0 Å². The van der Waals surface area contributed by atoms with Crippen LogP contribution >= 0.6 is 27.7 Å². The zero-order valence-corrected chi connectivity index (χ0v) is 16.3. The summed E-state index contributed by atoms with van der Waals surface area (Å²) in [4.78, 5) is 0. The summed E-state index contributed by atoms with van der Waals surface area (Å²) >= 11 is 5.04. The Hall–Kier alpha value is -2.19. The molecule has 2 heterocycles. The zero-order valence-electron chi connectivity index (χ0n) is 13.9. The van der Waals surface area contributed by atoms with Crippen LogP contribution in [0.5, 0.6) is 17.2 Å². The second-order valence-electron chi connectivity index (χ2n) is 5.45. The number of aromatic nitrogens is 2. The maximum absolute atomic E-state index is 5.78. The van der Waals surface area contributed by atoms with Crippen molar-refractivity contribution in [3.8, 4) is 28.7 Å². The van der Waals surface area contributed by atoms with Gasteiger partial charge in [-0.2, -0.15) is 0 Å². The number of fused-ring (bicyclic) bond motifs is 1. The Morgan fingerprint density at radius 1 is 1.12 bits per heavy atom. The van der Waals surface area contributed by atoms with Crippen LogP contribution < -0.4 is 14.2 Å². The van der Waals surface area contributed by atoms with E-state index in [1.165, 1.54) is 11.8 Å². The fourth-order valence-corrected chi connectivity index (χ4v) is 3.96. The number of halogens is 1. The van der Waals surface area contributed by atoms with Crippen LogP contribution in [0.4, 0.5) is 0 Å². The number of ether oxygens (including phenoxy) is 3. The molecule has 0 N–H and O–H groups in total. The molecule has 134 valence electrons. The summed E-state index contributed by atoms with van der Waals surface area (Å²) in [5.41, 5.74) is 1.84. The number of hydrogen-bond donors (Lipinski definition) is 0. The Kier molecular flexibility index (Phi) is 5.03. The van der Waals surface area contributed by atoms with E-state index in [0.29, 0.717) is 35.8 Å². The van der Waals surface area contributed by atoms with Crippen LogP contribution in [0.25, 0.3) is 11.5 Å². The number of hydrogen-bond acceptors (Lipinski definition) is 7. The Morgan fingerprint density at radius 3 is 2.69 bits per heavy atom. The molecule has 1 aliphatic heterocycles. The number of rotatable bonds is 5. The molecule has 0 atom stereocenters. The first kappa shape index (κ1) is 17.2. The fraction of sp³-hybridized carbons (Fsp3) is 0.222. The molecule has 0 bridgehead atoms. The Balaban J connectivity index is 1.50. The van der Waals surface area contributed by atoms with Crippen LogP contribution in [0.15, 0.2) is 50.5 Å². The standard InChI is InChI=1S/C18H15BrN2O4S/c1-22-14-5-3-2-4-12(14)17-20-21-18(25-17)26-10-11-8-15-16(9-13(11)19)24-7-6-23-15/h2-5,8-9H,6-7,10H2,1H3. The van der Waals surface area contributed by atoms with Crippen LogP contribution in [-0.2, 0) is 5.75 Å².